The second kappa shape index (κ2) is 13.0. The van der Waals surface area contributed by atoms with Gasteiger partial charge in [0.1, 0.15) is 6.10 Å². The number of sulfonamides is 1. The van der Waals surface area contributed by atoms with Crippen molar-refractivity contribution in [2.24, 2.45) is 5.92 Å². The third kappa shape index (κ3) is 8.22. The molecular formula is C25H33N3O8S. The van der Waals surface area contributed by atoms with E-state index in [1.807, 2.05) is 44.2 Å². The lowest BCUT2D eigenvalue weighted by Crippen LogP contribution is -2.51. The van der Waals surface area contributed by atoms with Crippen LogP contribution in [0.1, 0.15) is 25.8 Å². The fourth-order valence-corrected chi connectivity index (χ4v) is 5.62. The monoisotopic (exact) mass is 535 g/mol. The van der Waals surface area contributed by atoms with Crippen molar-refractivity contribution >= 4 is 21.8 Å². The maximum Gasteiger partial charge on any atom is 0.407 e. The predicted molar refractivity (Wildman–Crippen MR) is 135 cm³/mol. The second-order valence-electron chi connectivity index (χ2n) is 9.37. The number of carbonyl (C=O) groups excluding carboxylic acids is 1. The largest absolute Gasteiger partial charge is 0.444 e. The highest BCUT2D eigenvalue weighted by molar-refractivity contribution is 7.89. The summed E-state index contributed by atoms with van der Waals surface area (Å²) in [4.78, 5) is 22.8. The Morgan fingerprint density at radius 1 is 1.19 bits per heavy atom. The number of nitro groups is 1. The average molecular weight is 536 g/mol. The molecule has 0 aliphatic carbocycles. The number of amides is 1. The summed E-state index contributed by atoms with van der Waals surface area (Å²) < 4.78 is 38.6. The molecule has 12 heteroatoms. The number of aliphatic hydroxyl groups excluding tert-OH is 1. The Bertz CT molecular complexity index is 1140. The maximum atomic E-state index is 13.4. The summed E-state index contributed by atoms with van der Waals surface area (Å²) in [6.07, 6.45) is -1.56. The third-order valence-electron chi connectivity index (χ3n) is 5.87. The molecule has 1 amide bonds. The summed E-state index contributed by atoms with van der Waals surface area (Å²) in [5, 5.41) is 24.9. The van der Waals surface area contributed by atoms with Crippen molar-refractivity contribution < 1.29 is 32.7 Å². The Morgan fingerprint density at radius 3 is 2.43 bits per heavy atom. The lowest BCUT2D eigenvalue weighted by Gasteiger charge is -2.30. The van der Waals surface area contributed by atoms with Gasteiger partial charge in [0.2, 0.25) is 10.0 Å². The van der Waals surface area contributed by atoms with E-state index in [9.17, 15) is 28.4 Å². The van der Waals surface area contributed by atoms with Gasteiger partial charge in [-0.05, 0) is 30.0 Å². The van der Waals surface area contributed by atoms with Crippen LogP contribution in [0.3, 0.4) is 0 Å². The number of nitrogens with zero attached hydrogens (tertiary/aromatic N) is 2. The fourth-order valence-electron chi connectivity index (χ4n) is 4.00. The summed E-state index contributed by atoms with van der Waals surface area (Å²) in [5.41, 5.74) is 0.609. The van der Waals surface area contributed by atoms with Gasteiger partial charge >= 0.3 is 6.09 Å². The standard InChI is InChI=1S/C25H33N3O8S/c1-18(2)15-27(37(33,34)22-10-8-20(9-11-22)28(31)32)16-24(29)23(14-19-6-4-3-5-7-19)26-25(30)36-21-12-13-35-17-21/h3-11,18,21,23-24,29H,12-17H2,1-2H3,(H,26,30)/t21-,23?,24-/m0/s1. The Labute approximate surface area is 216 Å². The number of carbonyl (C=O) groups is 1. The van der Waals surface area contributed by atoms with Crippen LogP contribution in [0.5, 0.6) is 0 Å². The number of benzene rings is 2. The van der Waals surface area contributed by atoms with Gasteiger partial charge < -0.3 is 19.9 Å². The summed E-state index contributed by atoms with van der Waals surface area (Å²) in [7, 11) is -4.10. The van der Waals surface area contributed by atoms with E-state index in [-0.39, 0.29) is 42.1 Å². The molecular weight excluding hydrogens is 502 g/mol. The molecule has 3 atom stereocenters. The summed E-state index contributed by atoms with van der Waals surface area (Å²) in [6, 6.07) is 12.9. The molecule has 1 unspecified atom stereocenters. The molecule has 202 valence electrons. The van der Waals surface area contributed by atoms with Gasteiger partial charge in [-0.2, -0.15) is 4.31 Å². The van der Waals surface area contributed by atoms with Gasteiger partial charge in [0.15, 0.2) is 0 Å². The van der Waals surface area contributed by atoms with Gasteiger partial charge in [-0.15, -0.1) is 0 Å². The summed E-state index contributed by atoms with van der Waals surface area (Å²) >= 11 is 0. The molecule has 2 aromatic rings. The minimum absolute atomic E-state index is 0.0760. The van der Waals surface area contributed by atoms with Crippen LogP contribution in [-0.4, -0.2) is 73.4 Å². The van der Waals surface area contributed by atoms with Crippen LogP contribution in [0.25, 0.3) is 0 Å². The molecule has 3 rings (SSSR count). The van der Waals surface area contributed by atoms with Crippen molar-refractivity contribution in [3.8, 4) is 0 Å². The van der Waals surface area contributed by atoms with Crippen LogP contribution in [0.4, 0.5) is 10.5 Å². The zero-order chi connectivity index (χ0) is 27.0. The molecule has 2 aromatic carbocycles. The van der Waals surface area contributed by atoms with Crippen molar-refractivity contribution in [2.45, 2.75) is 49.8 Å². The van der Waals surface area contributed by atoms with Crippen molar-refractivity contribution in [1.29, 1.82) is 0 Å². The molecule has 2 N–H and O–H groups in total. The SMILES string of the molecule is CC(C)CN(C[C@H](O)C(Cc1ccccc1)NC(=O)O[C@H]1CCOC1)S(=O)(=O)c1ccc([N+](=O)[O-])cc1. The molecule has 1 heterocycles. The number of hydrogen-bond acceptors (Lipinski definition) is 8. The van der Waals surface area contributed by atoms with Crippen LogP contribution >= 0.6 is 0 Å². The Kier molecular flexibility index (Phi) is 9.98. The van der Waals surface area contributed by atoms with E-state index in [2.05, 4.69) is 5.32 Å². The first-order valence-corrected chi connectivity index (χ1v) is 13.5. The first-order valence-electron chi connectivity index (χ1n) is 12.1. The normalized spacial score (nSPS) is 17.5. The zero-order valence-electron chi connectivity index (χ0n) is 20.9. The van der Waals surface area contributed by atoms with Gasteiger partial charge in [0, 0.05) is 31.6 Å². The molecule has 0 bridgehead atoms. The van der Waals surface area contributed by atoms with Crippen LogP contribution in [0.15, 0.2) is 59.5 Å². The molecule has 1 saturated heterocycles. The number of nitrogens with one attached hydrogen (secondary N) is 1. The van der Waals surface area contributed by atoms with Crippen molar-refractivity contribution in [2.75, 3.05) is 26.3 Å². The first-order chi connectivity index (χ1) is 17.6. The Morgan fingerprint density at radius 2 is 1.86 bits per heavy atom. The molecule has 0 radical (unpaired) electrons. The number of hydrogen-bond donors (Lipinski definition) is 2. The van der Waals surface area contributed by atoms with Crippen molar-refractivity contribution in [3.63, 3.8) is 0 Å². The number of alkyl carbamates (subject to hydrolysis) is 1. The van der Waals surface area contributed by atoms with Gasteiger partial charge in [-0.25, -0.2) is 13.2 Å². The lowest BCUT2D eigenvalue weighted by molar-refractivity contribution is -0.384. The molecule has 37 heavy (non-hydrogen) atoms. The molecule has 0 aromatic heterocycles. The number of aliphatic hydroxyl groups is 1. The molecule has 0 saturated carbocycles. The average Bonchev–Trinajstić information content (AvgIpc) is 3.36. The third-order valence-corrected chi connectivity index (χ3v) is 7.72. The minimum Gasteiger partial charge on any atom is -0.444 e. The Balaban J connectivity index is 1.81. The van der Waals surface area contributed by atoms with Crippen LogP contribution in [-0.2, 0) is 25.9 Å². The van der Waals surface area contributed by atoms with E-state index < -0.39 is 33.2 Å². The van der Waals surface area contributed by atoms with Crippen LogP contribution < -0.4 is 5.32 Å². The topological polar surface area (TPSA) is 148 Å². The number of ether oxygens (including phenoxy) is 2. The molecule has 0 spiro atoms. The Hall–Kier alpha value is -3.06. The highest BCUT2D eigenvalue weighted by Gasteiger charge is 2.32. The second-order valence-corrected chi connectivity index (χ2v) is 11.3. The number of rotatable bonds is 12. The smallest absolute Gasteiger partial charge is 0.407 e. The molecule has 1 aliphatic heterocycles. The maximum absolute atomic E-state index is 13.4. The van der Waals surface area contributed by atoms with E-state index in [0.717, 1.165) is 22.0 Å². The van der Waals surface area contributed by atoms with E-state index in [4.69, 9.17) is 9.47 Å². The highest BCUT2D eigenvalue weighted by Crippen LogP contribution is 2.22. The van der Waals surface area contributed by atoms with Gasteiger partial charge in [0.25, 0.3) is 5.69 Å². The van der Waals surface area contributed by atoms with E-state index in [1.165, 1.54) is 12.1 Å². The van der Waals surface area contributed by atoms with E-state index in [1.54, 1.807) is 0 Å². The quantitative estimate of drug-likeness (QED) is 0.311. The minimum atomic E-state index is -4.10. The van der Waals surface area contributed by atoms with E-state index in [0.29, 0.717) is 19.6 Å². The molecule has 11 nitrogen and oxygen atoms in total. The zero-order valence-corrected chi connectivity index (χ0v) is 21.7. The molecule has 1 aliphatic rings. The van der Waals surface area contributed by atoms with E-state index >= 15 is 0 Å². The van der Waals surface area contributed by atoms with Gasteiger partial charge in [-0.1, -0.05) is 44.2 Å². The fraction of sp³-hybridized carbons (Fsp3) is 0.480. The van der Waals surface area contributed by atoms with Crippen molar-refractivity contribution in [3.05, 3.63) is 70.3 Å². The van der Waals surface area contributed by atoms with Gasteiger partial charge in [-0.3, -0.25) is 10.1 Å². The summed E-state index contributed by atoms with van der Waals surface area (Å²) in [5.74, 6) is -0.0760. The first kappa shape index (κ1) is 28.5. The van der Waals surface area contributed by atoms with Crippen LogP contribution in [0.2, 0.25) is 0 Å². The lowest BCUT2D eigenvalue weighted by atomic mass is 10.0. The van der Waals surface area contributed by atoms with Gasteiger partial charge in [0.05, 0.1) is 35.2 Å². The summed E-state index contributed by atoms with van der Waals surface area (Å²) in [6.45, 7) is 4.27. The predicted octanol–water partition coefficient (Wildman–Crippen LogP) is 2.73. The highest BCUT2D eigenvalue weighted by atomic mass is 32.2. The van der Waals surface area contributed by atoms with Crippen molar-refractivity contribution in [1.82, 2.24) is 9.62 Å². The van der Waals surface area contributed by atoms with Crippen LogP contribution in [0, 0.1) is 16.0 Å². The molecule has 1 fully saturated rings. The number of non-ortho nitro benzene ring substituents is 1. The number of nitro benzene ring substituents is 1.